The van der Waals surface area contributed by atoms with Crippen molar-refractivity contribution in [2.75, 3.05) is 6.61 Å². The van der Waals surface area contributed by atoms with Crippen LogP contribution in [0, 0.1) is 5.92 Å². The molecule has 0 bridgehead atoms. The molecule has 2 atom stereocenters. The number of carbonyl (C=O) groups excluding carboxylic acids is 1. The Labute approximate surface area is 172 Å². The third-order valence-electron chi connectivity index (χ3n) is 5.61. The highest BCUT2D eigenvalue weighted by Gasteiger charge is 2.29. The minimum Gasteiger partial charge on any atom is -0.507 e. The predicted octanol–water partition coefficient (Wildman–Crippen LogP) is 6.85. The lowest BCUT2D eigenvalue weighted by Gasteiger charge is -2.29. The molecule has 0 amide bonds. The molecule has 160 valence electrons. The Bertz CT molecular complexity index is 612. The fourth-order valence-electron chi connectivity index (χ4n) is 3.41. The van der Waals surface area contributed by atoms with E-state index >= 15 is 0 Å². The van der Waals surface area contributed by atoms with Crippen molar-refractivity contribution in [2.45, 2.75) is 105 Å². The summed E-state index contributed by atoms with van der Waals surface area (Å²) in [6.45, 7) is 19.2. The highest BCUT2D eigenvalue weighted by molar-refractivity contribution is 5.78. The van der Waals surface area contributed by atoms with E-state index < -0.39 is 0 Å². The topological polar surface area (TPSA) is 46.5 Å². The smallest absolute Gasteiger partial charge is 0.313 e. The maximum absolute atomic E-state index is 12.8. The van der Waals surface area contributed by atoms with E-state index in [2.05, 4.69) is 55.4 Å². The van der Waals surface area contributed by atoms with Crippen molar-refractivity contribution in [2.24, 2.45) is 5.92 Å². The number of rotatable bonds is 8. The molecule has 0 aliphatic rings. The molecule has 0 heterocycles. The molecule has 1 N–H and O–H groups in total. The zero-order chi connectivity index (χ0) is 21.7. The first kappa shape index (κ1) is 24.5. The number of carbonyl (C=O) groups is 1. The van der Waals surface area contributed by atoms with E-state index in [1.54, 1.807) is 0 Å². The SMILES string of the molecule is CCCCC(CC)COC(=O)C(C)c1cc(C(C)(C)C)c(O)c(C(C)(C)C)c1. The van der Waals surface area contributed by atoms with E-state index in [1.807, 2.05) is 19.1 Å². The lowest BCUT2D eigenvalue weighted by Crippen LogP contribution is -2.21. The molecule has 0 radical (unpaired) electrons. The quantitative estimate of drug-likeness (QED) is 0.494. The van der Waals surface area contributed by atoms with Gasteiger partial charge in [-0.2, -0.15) is 0 Å². The minimum absolute atomic E-state index is 0.180. The molecule has 1 rings (SSSR count). The van der Waals surface area contributed by atoms with Crippen molar-refractivity contribution >= 4 is 5.97 Å². The standard InChI is InChI=1S/C25H42O3/c1-10-12-13-18(11-2)16-28-23(27)17(3)19-14-20(24(4,5)6)22(26)21(15-19)25(7,8)9/h14-15,17-18,26H,10-13,16H2,1-9H3. The van der Waals surface area contributed by atoms with Crippen LogP contribution in [0.15, 0.2) is 12.1 Å². The number of phenolic OH excluding ortho intramolecular Hbond substituents is 1. The molecule has 0 aliphatic heterocycles. The average Bonchev–Trinajstić information content (AvgIpc) is 2.59. The molecule has 1 aromatic rings. The van der Waals surface area contributed by atoms with Gasteiger partial charge in [-0.15, -0.1) is 0 Å². The number of hydrogen-bond acceptors (Lipinski definition) is 3. The van der Waals surface area contributed by atoms with Crippen LogP contribution in [-0.4, -0.2) is 17.7 Å². The Balaban J connectivity index is 3.12. The van der Waals surface area contributed by atoms with Crippen LogP contribution in [0.25, 0.3) is 0 Å². The summed E-state index contributed by atoms with van der Waals surface area (Å²) in [6, 6.07) is 3.95. The number of ether oxygens (including phenoxy) is 1. The van der Waals surface area contributed by atoms with Crippen LogP contribution in [0.2, 0.25) is 0 Å². The second kappa shape index (κ2) is 9.80. The monoisotopic (exact) mass is 390 g/mol. The summed E-state index contributed by atoms with van der Waals surface area (Å²) < 4.78 is 5.69. The molecule has 0 aliphatic carbocycles. The van der Waals surface area contributed by atoms with Gasteiger partial charge in [-0.25, -0.2) is 0 Å². The van der Waals surface area contributed by atoms with Gasteiger partial charge in [-0.05, 0) is 46.8 Å². The van der Waals surface area contributed by atoms with Crippen molar-refractivity contribution in [3.63, 3.8) is 0 Å². The molecule has 0 spiro atoms. The van der Waals surface area contributed by atoms with Crippen LogP contribution in [0.5, 0.6) is 5.75 Å². The largest absolute Gasteiger partial charge is 0.507 e. The van der Waals surface area contributed by atoms with Crippen LogP contribution in [0.1, 0.15) is 111 Å². The number of aromatic hydroxyl groups is 1. The van der Waals surface area contributed by atoms with Gasteiger partial charge < -0.3 is 9.84 Å². The van der Waals surface area contributed by atoms with Gasteiger partial charge in [-0.1, -0.05) is 86.8 Å². The Morgan fingerprint density at radius 2 is 1.54 bits per heavy atom. The summed E-state index contributed by atoms with van der Waals surface area (Å²) in [5.74, 6) is 0.243. The third-order valence-corrected chi connectivity index (χ3v) is 5.61. The van der Waals surface area contributed by atoms with Crippen molar-refractivity contribution in [3.05, 3.63) is 28.8 Å². The Hall–Kier alpha value is -1.51. The number of benzene rings is 1. The van der Waals surface area contributed by atoms with Crippen molar-refractivity contribution in [1.29, 1.82) is 0 Å². The predicted molar refractivity (Wildman–Crippen MR) is 118 cm³/mol. The maximum Gasteiger partial charge on any atom is 0.313 e. The van der Waals surface area contributed by atoms with Gasteiger partial charge in [-0.3, -0.25) is 4.79 Å². The van der Waals surface area contributed by atoms with E-state index in [0.717, 1.165) is 29.5 Å². The summed E-state index contributed by atoms with van der Waals surface area (Å²) in [7, 11) is 0. The van der Waals surface area contributed by atoms with Gasteiger partial charge in [0, 0.05) is 0 Å². The van der Waals surface area contributed by atoms with Crippen molar-refractivity contribution in [1.82, 2.24) is 0 Å². The van der Waals surface area contributed by atoms with E-state index in [-0.39, 0.29) is 22.7 Å². The normalized spacial score (nSPS) is 14.6. The van der Waals surface area contributed by atoms with Gasteiger partial charge in [0.1, 0.15) is 5.75 Å². The minimum atomic E-state index is -0.355. The van der Waals surface area contributed by atoms with Gasteiger partial charge in [0.05, 0.1) is 12.5 Å². The molecule has 0 saturated carbocycles. The van der Waals surface area contributed by atoms with Gasteiger partial charge >= 0.3 is 5.97 Å². The summed E-state index contributed by atoms with van der Waals surface area (Å²) in [4.78, 5) is 12.8. The van der Waals surface area contributed by atoms with Crippen molar-refractivity contribution < 1.29 is 14.6 Å². The molecule has 1 aromatic carbocycles. The van der Waals surface area contributed by atoms with Crippen molar-refractivity contribution in [3.8, 4) is 5.75 Å². The molecule has 0 aromatic heterocycles. The second-order valence-electron chi connectivity index (χ2n) is 10.2. The number of phenols is 1. The molecule has 3 heteroatoms. The summed E-state index contributed by atoms with van der Waals surface area (Å²) in [6.07, 6.45) is 4.48. The summed E-state index contributed by atoms with van der Waals surface area (Å²) in [5.41, 5.74) is 2.25. The average molecular weight is 391 g/mol. The van der Waals surface area contributed by atoms with Crippen LogP contribution in [0.4, 0.5) is 0 Å². The fourth-order valence-corrected chi connectivity index (χ4v) is 3.41. The lowest BCUT2D eigenvalue weighted by atomic mass is 9.77. The summed E-state index contributed by atoms with van der Waals surface area (Å²) >= 11 is 0. The fraction of sp³-hybridized carbons (Fsp3) is 0.720. The highest BCUT2D eigenvalue weighted by atomic mass is 16.5. The Kier molecular flexibility index (Phi) is 8.59. The zero-order valence-corrected chi connectivity index (χ0v) is 19.6. The summed E-state index contributed by atoms with van der Waals surface area (Å²) in [5, 5.41) is 10.9. The van der Waals surface area contributed by atoms with Crippen LogP contribution < -0.4 is 0 Å². The Morgan fingerprint density at radius 1 is 1.04 bits per heavy atom. The molecule has 0 saturated heterocycles. The molecule has 3 nitrogen and oxygen atoms in total. The maximum atomic E-state index is 12.8. The van der Waals surface area contributed by atoms with E-state index in [9.17, 15) is 9.90 Å². The Morgan fingerprint density at radius 3 is 1.93 bits per heavy atom. The van der Waals surface area contributed by atoms with Crippen LogP contribution in [0.3, 0.4) is 0 Å². The second-order valence-corrected chi connectivity index (χ2v) is 10.2. The van der Waals surface area contributed by atoms with E-state index in [1.165, 1.54) is 12.8 Å². The van der Waals surface area contributed by atoms with Gasteiger partial charge in [0.25, 0.3) is 0 Å². The molecular formula is C25H42O3. The lowest BCUT2D eigenvalue weighted by molar-refractivity contribution is -0.146. The molecule has 28 heavy (non-hydrogen) atoms. The van der Waals surface area contributed by atoms with Gasteiger partial charge in [0.15, 0.2) is 0 Å². The highest BCUT2D eigenvalue weighted by Crippen LogP contribution is 2.41. The van der Waals surface area contributed by atoms with E-state index in [0.29, 0.717) is 18.3 Å². The first-order valence-corrected chi connectivity index (χ1v) is 10.9. The number of esters is 1. The van der Waals surface area contributed by atoms with E-state index in [4.69, 9.17) is 4.74 Å². The molecule has 0 fully saturated rings. The van der Waals surface area contributed by atoms with Gasteiger partial charge in [0.2, 0.25) is 0 Å². The first-order valence-electron chi connectivity index (χ1n) is 10.9. The first-order chi connectivity index (χ1) is 12.8. The number of unbranched alkanes of at least 4 members (excludes halogenated alkanes) is 1. The molecule has 2 unspecified atom stereocenters. The number of hydrogen-bond donors (Lipinski definition) is 1. The third kappa shape index (κ3) is 6.53. The van der Waals surface area contributed by atoms with Crippen LogP contribution in [-0.2, 0) is 20.4 Å². The zero-order valence-electron chi connectivity index (χ0n) is 19.6. The molecular weight excluding hydrogens is 348 g/mol. The van der Waals surface area contributed by atoms with Crippen LogP contribution >= 0.6 is 0 Å².